The van der Waals surface area contributed by atoms with Crippen molar-refractivity contribution in [1.29, 1.82) is 0 Å². The zero-order valence-electron chi connectivity index (χ0n) is 11.1. The van der Waals surface area contributed by atoms with Crippen molar-refractivity contribution in [2.24, 2.45) is 0 Å². The SMILES string of the molecule is O=C(/C=C(\Nc1ccc(Br)cc1)c1ccncc1)C(F)(F)F. The van der Waals surface area contributed by atoms with Gasteiger partial charge in [-0.15, -0.1) is 0 Å². The van der Waals surface area contributed by atoms with Gasteiger partial charge in [0.1, 0.15) is 0 Å². The van der Waals surface area contributed by atoms with Gasteiger partial charge < -0.3 is 5.32 Å². The third-order valence-corrected chi connectivity index (χ3v) is 3.20. The van der Waals surface area contributed by atoms with Crippen LogP contribution < -0.4 is 5.32 Å². The van der Waals surface area contributed by atoms with E-state index in [1.54, 1.807) is 24.3 Å². The second kappa shape index (κ2) is 6.74. The Balaban J connectivity index is 2.36. The number of hydrogen-bond acceptors (Lipinski definition) is 3. The Morgan fingerprint density at radius 1 is 1.09 bits per heavy atom. The van der Waals surface area contributed by atoms with Crippen LogP contribution in [0, 0.1) is 0 Å². The summed E-state index contributed by atoms with van der Waals surface area (Å²) in [5, 5.41) is 2.82. The first-order valence-electron chi connectivity index (χ1n) is 6.12. The van der Waals surface area contributed by atoms with E-state index >= 15 is 0 Å². The summed E-state index contributed by atoms with van der Waals surface area (Å²) in [6.45, 7) is 0. The molecule has 114 valence electrons. The van der Waals surface area contributed by atoms with Gasteiger partial charge in [0, 0.05) is 39.9 Å². The van der Waals surface area contributed by atoms with Gasteiger partial charge in [-0.2, -0.15) is 13.2 Å². The maximum absolute atomic E-state index is 12.5. The first-order valence-corrected chi connectivity index (χ1v) is 6.91. The van der Waals surface area contributed by atoms with Crippen LogP contribution in [0.5, 0.6) is 0 Å². The van der Waals surface area contributed by atoms with Gasteiger partial charge in [-0.25, -0.2) is 0 Å². The highest BCUT2D eigenvalue weighted by atomic mass is 79.9. The molecule has 7 heteroatoms. The summed E-state index contributed by atoms with van der Waals surface area (Å²) < 4.78 is 38.3. The first kappa shape index (κ1) is 16.2. The monoisotopic (exact) mass is 370 g/mol. The maximum atomic E-state index is 12.5. The molecule has 1 aromatic carbocycles. The van der Waals surface area contributed by atoms with E-state index in [1.165, 1.54) is 24.5 Å². The van der Waals surface area contributed by atoms with Crippen molar-refractivity contribution in [2.75, 3.05) is 5.32 Å². The molecule has 3 nitrogen and oxygen atoms in total. The molecule has 1 heterocycles. The predicted octanol–water partition coefficient (Wildman–Crippen LogP) is 4.43. The molecule has 0 spiro atoms. The van der Waals surface area contributed by atoms with Gasteiger partial charge in [-0.1, -0.05) is 15.9 Å². The Hall–Kier alpha value is -2.15. The Bertz CT molecular complexity index is 682. The van der Waals surface area contributed by atoms with Gasteiger partial charge in [-0.3, -0.25) is 9.78 Å². The van der Waals surface area contributed by atoms with Crippen molar-refractivity contribution < 1.29 is 18.0 Å². The number of carbonyl (C=O) groups excluding carboxylic acids is 1. The Kier molecular flexibility index (Phi) is 4.97. The third-order valence-electron chi connectivity index (χ3n) is 2.67. The van der Waals surface area contributed by atoms with E-state index in [-0.39, 0.29) is 5.70 Å². The minimum Gasteiger partial charge on any atom is -0.355 e. The topological polar surface area (TPSA) is 42.0 Å². The molecule has 0 saturated carbocycles. The summed E-state index contributed by atoms with van der Waals surface area (Å²) in [7, 11) is 0. The molecular formula is C15H10BrF3N2O. The van der Waals surface area contributed by atoms with Crippen molar-refractivity contribution >= 4 is 33.1 Å². The molecule has 1 aromatic heterocycles. The number of benzene rings is 1. The molecule has 2 rings (SSSR count). The molecule has 22 heavy (non-hydrogen) atoms. The first-order chi connectivity index (χ1) is 10.4. The molecule has 0 atom stereocenters. The van der Waals surface area contributed by atoms with Crippen molar-refractivity contribution in [1.82, 2.24) is 4.98 Å². The summed E-state index contributed by atoms with van der Waals surface area (Å²) in [5.41, 5.74) is 1.03. The normalized spacial score (nSPS) is 12.1. The van der Waals surface area contributed by atoms with Crippen LogP contribution in [-0.2, 0) is 4.79 Å². The van der Waals surface area contributed by atoms with Crippen molar-refractivity contribution in [3.05, 3.63) is 64.9 Å². The van der Waals surface area contributed by atoms with E-state index < -0.39 is 12.0 Å². The minimum atomic E-state index is -4.92. The number of hydrogen-bond donors (Lipinski definition) is 1. The molecule has 0 aliphatic carbocycles. The minimum absolute atomic E-state index is 0.0482. The van der Waals surface area contributed by atoms with Gasteiger partial charge in [0.2, 0.25) is 0 Å². The lowest BCUT2D eigenvalue weighted by molar-refractivity contribution is -0.165. The smallest absolute Gasteiger partial charge is 0.355 e. The van der Waals surface area contributed by atoms with Crippen molar-refractivity contribution in [3.63, 3.8) is 0 Å². The number of nitrogens with zero attached hydrogens (tertiary/aromatic N) is 1. The lowest BCUT2D eigenvalue weighted by Crippen LogP contribution is -2.21. The average Bonchev–Trinajstić information content (AvgIpc) is 2.48. The van der Waals surface area contributed by atoms with E-state index in [1.807, 2.05) is 0 Å². The molecule has 0 unspecified atom stereocenters. The molecule has 2 aromatic rings. The Labute approximate surface area is 133 Å². The predicted molar refractivity (Wildman–Crippen MR) is 81.0 cm³/mol. The number of ketones is 1. The number of allylic oxidation sites excluding steroid dienone is 1. The summed E-state index contributed by atoms with van der Waals surface area (Å²) in [5.74, 6) is -1.93. The molecule has 0 fully saturated rings. The summed E-state index contributed by atoms with van der Waals surface area (Å²) in [6.07, 6.45) is -1.51. The zero-order chi connectivity index (χ0) is 16.2. The molecule has 1 N–H and O–H groups in total. The van der Waals surface area contributed by atoms with Crippen LogP contribution in [0.2, 0.25) is 0 Å². The quantitative estimate of drug-likeness (QED) is 0.809. The lowest BCUT2D eigenvalue weighted by atomic mass is 10.1. The van der Waals surface area contributed by atoms with E-state index in [0.717, 1.165) is 4.47 Å². The van der Waals surface area contributed by atoms with E-state index in [2.05, 4.69) is 26.2 Å². The van der Waals surface area contributed by atoms with Crippen LogP contribution in [0.3, 0.4) is 0 Å². The van der Waals surface area contributed by atoms with Crippen LogP contribution >= 0.6 is 15.9 Å². The number of alkyl halides is 3. The molecular weight excluding hydrogens is 361 g/mol. The van der Waals surface area contributed by atoms with E-state index in [0.29, 0.717) is 17.3 Å². The summed E-state index contributed by atoms with van der Waals surface area (Å²) in [6, 6.07) is 9.85. The van der Waals surface area contributed by atoms with Crippen LogP contribution in [0.1, 0.15) is 5.56 Å². The number of pyridine rings is 1. The molecule has 0 aliphatic rings. The van der Waals surface area contributed by atoms with Crippen molar-refractivity contribution in [3.8, 4) is 0 Å². The number of rotatable bonds is 4. The third kappa shape index (κ3) is 4.42. The van der Waals surface area contributed by atoms with Crippen LogP contribution in [0.25, 0.3) is 5.70 Å². The van der Waals surface area contributed by atoms with Crippen LogP contribution in [0.4, 0.5) is 18.9 Å². The molecule has 0 aliphatic heterocycles. The van der Waals surface area contributed by atoms with Gasteiger partial charge in [0.25, 0.3) is 5.78 Å². The fourth-order valence-electron chi connectivity index (χ4n) is 1.62. The Morgan fingerprint density at radius 2 is 1.68 bits per heavy atom. The summed E-state index contributed by atoms with van der Waals surface area (Å²) >= 11 is 3.27. The second-order valence-electron chi connectivity index (χ2n) is 4.29. The van der Waals surface area contributed by atoms with Gasteiger partial charge in [0.15, 0.2) is 0 Å². The van der Waals surface area contributed by atoms with E-state index in [9.17, 15) is 18.0 Å². The number of nitrogens with one attached hydrogen (secondary N) is 1. The lowest BCUT2D eigenvalue weighted by Gasteiger charge is -2.12. The highest BCUT2D eigenvalue weighted by molar-refractivity contribution is 9.10. The van der Waals surface area contributed by atoms with Crippen LogP contribution in [0.15, 0.2) is 59.3 Å². The van der Waals surface area contributed by atoms with Crippen LogP contribution in [-0.4, -0.2) is 16.9 Å². The average molecular weight is 371 g/mol. The largest absolute Gasteiger partial charge is 0.454 e. The number of anilines is 1. The second-order valence-corrected chi connectivity index (χ2v) is 5.20. The van der Waals surface area contributed by atoms with Gasteiger partial charge in [0.05, 0.1) is 0 Å². The number of aromatic nitrogens is 1. The Morgan fingerprint density at radius 3 is 2.23 bits per heavy atom. The van der Waals surface area contributed by atoms with E-state index in [4.69, 9.17) is 0 Å². The summed E-state index contributed by atoms with van der Waals surface area (Å²) in [4.78, 5) is 15.0. The fourth-order valence-corrected chi connectivity index (χ4v) is 1.89. The van der Waals surface area contributed by atoms with Gasteiger partial charge in [-0.05, 0) is 36.4 Å². The molecule has 0 saturated heterocycles. The number of carbonyl (C=O) groups is 1. The molecule has 0 radical (unpaired) electrons. The highest BCUT2D eigenvalue weighted by Gasteiger charge is 2.36. The standard InChI is InChI=1S/C15H10BrF3N2O/c16-11-1-3-12(4-2-11)21-13(9-14(22)15(17,18)19)10-5-7-20-8-6-10/h1-9,21H/b13-9-. The fraction of sp³-hybridized carbons (Fsp3) is 0.0667. The molecule has 0 amide bonds. The highest BCUT2D eigenvalue weighted by Crippen LogP contribution is 2.23. The number of halogens is 4. The molecule has 0 bridgehead atoms. The van der Waals surface area contributed by atoms with Gasteiger partial charge >= 0.3 is 6.18 Å². The van der Waals surface area contributed by atoms with Crippen molar-refractivity contribution in [2.45, 2.75) is 6.18 Å². The zero-order valence-corrected chi connectivity index (χ0v) is 12.6. The maximum Gasteiger partial charge on any atom is 0.454 e.